The Morgan fingerprint density at radius 2 is 2.20 bits per heavy atom. The van der Waals surface area contributed by atoms with Gasteiger partial charge in [0.15, 0.2) is 0 Å². The zero-order valence-corrected chi connectivity index (χ0v) is 7.74. The van der Waals surface area contributed by atoms with Crippen LogP contribution in [0.5, 0.6) is 5.75 Å². The molecule has 1 aromatic heterocycles. The van der Waals surface area contributed by atoms with Gasteiger partial charge in [-0.15, -0.1) is 0 Å². The highest BCUT2D eigenvalue weighted by molar-refractivity contribution is 5.42. The first-order valence-electron chi connectivity index (χ1n) is 4.16. The summed E-state index contributed by atoms with van der Waals surface area (Å²) in [5.74, 6) is -0.276. The molecule has 0 aliphatic rings. The minimum Gasteiger partial charge on any atom is -0.506 e. The van der Waals surface area contributed by atoms with E-state index in [2.05, 4.69) is 4.98 Å². The Morgan fingerprint density at radius 3 is 2.67 bits per heavy atom. The van der Waals surface area contributed by atoms with Crippen LogP contribution in [0.25, 0.3) is 0 Å². The second-order valence-electron chi connectivity index (χ2n) is 2.83. The van der Waals surface area contributed by atoms with Gasteiger partial charge < -0.3 is 10.8 Å². The van der Waals surface area contributed by atoms with E-state index in [-0.39, 0.29) is 29.8 Å². The van der Waals surface area contributed by atoms with Crippen molar-refractivity contribution in [2.24, 2.45) is 5.73 Å². The molecule has 0 saturated carbocycles. The van der Waals surface area contributed by atoms with E-state index in [4.69, 9.17) is 11.0 Å². The smallest absolute Gasteiger partial charge is 0.280 e. The summed E-state index contributed by atoms with van der Waals surface area (Å²) >= 11 is 0. The average Bonchev–Trinajstić information content (AvgIpc) is 2.20. The Balaban J connectivity index is 3.34. The first kappa shape index (κ1) is 11.3. The van der Waals surface area contributed by atoms with E-state index in [1.54, 1.807) is 6.07 Å². The fourth-order valence-electron chi connectivity index (χ4n) is 1.29. The van der Waals surface area contributed by atoms with Crippen molar-refractivity contribution in [2.75, 3.05) is 0 Å². The van der Waals surface area contributed by atoms with Gasteiger partial charge in [0.1, 0.15) is 11.4 Å². The van der Waals surface area contributed by atoms with Crippen LogP contribution in [-0.2, 0) is 13.0 Å². The van der Waals surface area contributed by atoms with Crippen LogP contribution in [-0.4, -0.2) is 10.1 Å². The van der Waals surface area contributed by atoms with Crippen LogP contribution in [0, 0.1) is 11.3 Å². The number of halogens is 2. The molecule has 0 aromatic carbocycles. The van der Waals surface area contributed by atoms with Crippen molar-refractivity contribution < 1.29 is 13.9 Å². The summed E-state index contributed by atoms with van der Waals surface area (Å²) < 4.78 is 25.0. The van der Waals surface area contributed by atoms with Crippen LogP contribution >= 0.6 is 0 Å². The molecule has 0 aliphatic heterocycles. The maximum atomic E-state index is 12.5. The lowest BCUT2D eigenvalue weighted by molar-refractivity contribution is 0.144. The van der Waals surface area contributed by atoms with Gasteiger partial charge in [-0.1, -0.05) is 0 Å². The number of rotatable bonds is 3. The molecular formula is C9H9F2N3O. The largest absolute Gasteiger partial charge is 0.506 e. The summed E-state index contributed by atoms with van der Waals surface area (Å²) in [6.45, 7) is -0.182. The van der Waals surface area contributed by atoms with Crippen molar-refractivity contribution in [3.63, 3.8) is 0 Å². The molecule has 0 radical (unpaired) electrons. The van der Waals surface area contributed by atoms with E-state index in [1.807, 2.05) is 0 Å². The summed E-state index contributed by atoms with van der Waals surface area (Å²) in [6, 6.07) is 1.78. The molecular weight excluding hydrogens is 204 g/mol. The van der Waals surface area contributed by atoms with E-state index in [0.717, 1.165) is 6.20 Å². The first-order chi connectivity index (χ1) is 7.11. The minimum absolute atomic E-state index is 0.0477. The van der Waals surface area contributed by atoms with Gasteiger partial charge in [-0.3, -0.25) is 4.98 Å². The van der Waals surface area contributed by atoms with Gasteiger partial charge in [0.2, 0.25) is 0 Å². The summed E-state index contributed by atoms with van der Waals surface area (Å²) in [4.78, 5) is 3.40. The molecule has 0 atom stereocenters. The molecule has 4 nitrogen and oxygen atoms in total. The van der Waals surface area contributed by atoms with Gasteiger partial charge in [-0.25, -0.2) is 8.78 Å². The molecule has 0 spiro atoms. The second kappa shape index (κ2) is 4.66. The van der Waals surface area contributed by atoms with E-state index >= 15 is 0 Å². The maximum absolute atomic E-state index is 12.5. The molecule has 1 heterocycles. The molecule has 3 N–H and O–H groups in total. The number of nitrogens with two attached hydrogens (primary N) is 1. The molecule has 80 valence electrons. The lowest BCUT2D eigenvalue weighted by Crippen LogP contribution is -2.08. The third kappa shape index (κ3) is 2.19. The normalized spacial score (nSPS) is 10.3. The molecule has 0 unspecified atom stereocenters. The quantitative estimate of drug-likeness (QED) is 0.791. The molecule has 0 bridgehead atoms. The van der Waals surface area contributed by atoms with E-state index < -0.39 is 12.1 Å². The second-order valence-corrected chi connectivity index (χ2v) is 2.83. The van der Waals surface area contributed by atoms with Crippen LogP contribution in [0.3, 0.4) is 0 Å². The molecule has 1 rings (SSSR count). The van der Waals surface area contributed by atoms with Gasteiger partial charge in [0.25, 0.3) is 6.43 Å². The zero-order valence-electron chi connectivity index (χ0n) is 7.74. The van der Waals surface area contributed by atoms with Gasteiger partial charge in [0, 0.05) is 17.7 Å². The fourth-order valence-corrected chi connectivity index (χ4v) is 1.29. The molecule has 0 fully saturated rings. The van der Waals surface area contributed by atoms with Crippen molar-refractivity contribution in [1.29, 1.82) is 5.26 Å². The van der Waals surface area contributed by atoms with E-state index in [1.165, 1.54) is 0 Å². The SMILES string of the molecule is N#CCc1c(O)cnc(C(F)F)c1CN. The molecule has 0 aliphatic carbocycles. The zero-order chi connectivity index (χ0) is 11.4. The summed E-state index contributed by atoms with van der Waals surface area (Å²) in [5.41, 5.74) is 5.00. The molecule has 1 aromatic rings. The van der Waals surface area contributed by atoms with Crippen molar-refractivity contribution in [2.45, 2.75) is 19.4 Å². The van der Waals surface area contributed by atoms with E-state index in [9.17, 15) is 13.9 Å². The summed E-state index contributed by atoms with van der Waals surface area (Å²) in [6.07, 6.45) is -2.02. The molecule has 0 saturated heterocycles. The monoisotopic (exact) mass is 213 g/mol. The van der Waals surface area contributed by atoms with Gasteiger partial charge in [-0.05, 0) is 0 Å². The predicted octanol–water partition coefficient (Wildman–Crippen LogP) is 1.25. The molecule has 15 heavy (non-hydrogen) atoms. The standard InChI is InChI=1S/C9H9F2N3O/c10-9(11)8-6(3-13)5(1-2-12)7(15)4-14-8/h4,9,15H,1,3,13H2. The number of pyridine rings is 1. The lowest BCUT2D eigenvalue weighted by atomic mass is 10.0. The number of aromatic hydroxyl groups is 1. The Bertz CT molecular complexity index is 401. The van der Waals surface area contributed by atoms with Crippen LogP contribution in [0.2, 0.25) is 0 Å². The number of nitriles is 1. The van der Waals surface area contributed by atoms with Crippen molar-refractivity contribution in [3.05, 3.63) is 23.0 Å². The summed E-state index contributed by atoms with van der Waals surface area (Å²) in [7, 11) is 0. The third-order valence-corrected chi connectivity index (χ3v) is 1.98. The van der Waals surface area contributed by atoms with Crippen LogP contribution in [0.15, 0.2) is 6.20 Å². The Labute approximate surface area is 85.0 Å². The van der Waals surface area contributed by atoms with Crippen molar-refractivity contribution in [1.82, 2.24) is 4.98 Å². The third-order valence-electron chi connectivity index (χ3n) is 1.98. The highest BCUT2D eigenvalue weighted by Crippen LogP contribution is 2.28. The highest BCUT2D eigenvalue weighted by Gasteiger charge is 2.19. The molecule has 0 amide bonds. The van der Waals surface area contributed by atoms with E-state index in [0.29, 0.717) is 0 Å². The fraction of sp³-hybridized carbons (Fsp3) is 0.333. The topological polar surface area (TPSA) is 82.9 Å². The minimum atomic E-state index is -2.76. The number of nitrogens with zero attached hydrogens (tertiary/aromatic N) is 2. The number of aromatic nitrogens is 1. The van der Waals surface area contributed by atoms with Crippen molar-refractivity contribution >= 4 is 0 Å². The van der Waals surface area contributed by atoms with Crippen molar-refractivity contribution in [3.8, 4) is 11.8 Å². The molecule has 6 heteroatoms. The first-order valence-corrected chi connectivity index (χ1v) is 4.16. The predicted molar refractivity (Wildman–Crippen MR) is 48.1 cm³/mol. The lowest BCUT2D eigenvalue weighted by Gasteiger charge is -2.11. The van der Waals surface area contributed by atoms with Crippen LogP contribution < -0.4 is 5.73 Å². The average molecular weight is 213 g/mol. The summed E-state index contributed by atoms with van der Waals surface area (Å²) in [5, 5.41) is 17.8. The number of alkyl halides is 2. The maximum Gasteiger partial charge on any atom is 0.280 e. The van der Waals surface area contributed by atoms with Gasteiger partial charge >= 0.3 is 0 Å². The Morgan fingerprint density at radius 1 is 1.53 bits per heavy atom. The van der Waals surface area contributed by atoms with Crippen LogP contribution in [0.1, 0.15) is 23.2 Å². The number of hydrogen-bond donors (Lipinski definition) is 2. The van der Waals surface area contributed by atoms with Gasteiger partial charge in [0.05, 0.1) is 18.7 Å². The number of hydrogen-bond acceptors (Lipinski definition) is 4. The Hall–Kier alpha value is -1.74. The highest BCUT2D eigenvalue weighted by atomic mass is 19.3. The Kier molecular flexibility index (Phi) is 3.52. The van der Waals surface area contributed by atoms with Gasteiger partial charge in [-0.2, -0.15) is 5.26 Å². The van der Waals surface area contributed by atoms with Crippen LogP contribution in [0.4, 0.5) is 8.78 Å².